The van der Waals surface area contributed by atoms with Crippen LogP contribution in [0, 0.1) is 12.8 Å². The van der Waals surface area contributed by atoms with Gasteiger partial charge in [0.05, 0.1) is 19.1 Å². The minimum absolute atomic E-state index is 0.0191. The number of anilines is 2. The number of nitrogens with zero attached hydrogens (tertiary/aromatic N) is 3. The summed E-state index contributed by atoms with van der Waals surface area (Å²) < 4.78 is 5.30. The van der Waals surface area contributed by atoms with E-state index < -0.39 is 6.04 Å². The number of thiazole rings is 1. The number of rotatable bonds is 5. The van der Waals surface area contributed by atoms with Gasteiger partial charge in [0.1, 0.15) is 5.75 Å². The molecule has 1 aromatic heterocycles. The number of ether oxygens (including phenoxy) is 1. The molecule has 0 aliphatic carbocycles. The fraction of sp³-hybridized carbons (Fsp3) is 0.292. The van der Waals surface area contributed by atoms with Gasteiger partial charge in [-0.05, 0) is 43.2 Å². The predicted molar refractivity (Wildman–Crippen MR) is 123 cm³/mol. The number of methoxy groups -OCH3 is 1. The van der Waals surface area contributed by atoms with Crippen molar-refractivity contribution in [2.45, 2.75) is 25.8 Å². The Morgan fingerprint density at radius 1 is 1.16 bits per heavy atom. The lowest BCUT2D eigenvalue weighted by Gasteiger charge is -2.41. The zero-order valence-corrected chi connectivity index (χ0v) is 18.6. The highest BCUT2D eigenvalue weighted by Gasteiger charge is 2.42. The van der Waals surface area contributed by atoms with E-state index in [1.165, 1.54) is 11.3 Å². The summed E-state index contributed by atoms with van der Waals surface area (Å²) >= 11 is 1.42. The summed E-state index contributed by atoms with van der Waals surface area (Å²) in [6, 6.07) is 15.1. The van der Waals surface area contributed by atoms with Gasteiger partial charge in [-0.1, -0.05) is 29.8 Å². The Balaban J connectivity index is 1.77. The molecule has 2 heterocycles. The quantitative estimate of drug-likeness (QED) is 0.587. The smallest absolute Gasteiger partial charge is 0.234 e. The second-order valence-electron chi connectivity index (χ2n) is 7.67. The average molecular weight is 436 g/mol. The maximum atomic E-state index is 13.6. The summed E-state index contributed by atoms with van der Waals surface area (Å²) in [5.74, 6) is 0.322. The number of amides is 2. The molecular weight excluding hydrogens is 410 g/mol. The molecule has 2 aromatic carbocycles. The highest BCUT2D eigenvalue weighted by molar-refractivity contribution is 7.13. The molecule has 7 heteroatoms. The molecule has 1 saturated heterocycles. The van der Waals surface area contributed by atoms with E-state index in [-0.39, 0.29) is 17.7 Å². The van der Waals surface area contributed by atoms with E-state index in [0.717, 1.165) is 22.6 Å². The first-order valence-corrected chi connectivity index (χ1v) is 11.1. The summed E-state index contributed by atoms with van der Waals surface area (Å²) in [6.07, 6.45) is 2.50. The molecule has 6 nitrogen and oxygen atoms in total. The van der Waals surface area contributed by atoms with E-state index in [1.807, 2.05) is 60.8 Å². The van der Waals surface area contributed by atoms with Crippen molar-refractivity contribution in [3.63, 3.8) is 0 Å². The molecule has 0 spiro atoms. The predicted octanol–water partition coefficient (Wildman–Crippen LogP) is 4.61. The standard InChI is InChI=1S/C24H25N3O3S/c1-16-4-8-18(9-5-16)27-21(28)13-12-20(23(29)26(2)24-25-14-15-31-24)22(27)17-6-10-19(30-3)11-7-17/h4-11,14-15,20,22H,12-13H2,1-3H3. The van der Waals surface area contributed by atoms with Gasteiger partial charge in [-0.25, -0.2) is 4.98 Å². The average Bonchev–Trinajstić information content (AvgIpc) is 3.34. The van der Waals surface area contributed by atoms with Crippen molar-refractivity contribution in [1.82, 2.24) is 4.98 Å². The lowest BCUT2D eigenvalue weighted by molar-refractivity contribution is -0.127. The number of carbonyl (C=O) groups excluding carboxylic acids is 2. The van der Waals surface area contributed by atoms with Crippen molar-refractivity contribution in [2.75, 3.05) is 24.0 Å². The van der Waals surface area contributed by atoms with Crippen molar-refractivity contribution in [3.8, 4) is 5.75 Å². The molecule has 160 valence electrons. The van der Waals surface area contributed by atoms with E-state index in [2.05, 4.69) is 4.98 Å². The number of hydrogen-bond donors (Lipinski definition) is 0. The van der Waals surface area contributed by atoms with Crippen molar-refractivity contribution in [2.24, 2.45) is 5.92 Å². The highest BCUT2D eigenvalue weighted by atomic mass is 32.1. The van der Waals surface area contributed by atoms with Crippen LogP contribution in [0.5, 0.6) is 5.75 Å². The minimum Gasteiger partial charge on any atom is -0.497 e. The Morgan fingerprint density at radius 2 is 1.87 bits per heavy atom. The first-order chi connectivity index (χ1) is 15.0. The molecule has 2 amide bonds. The van der Waals surface area contributed by atoms with E-state index in [9.17, 15) is 9.59 Å². The van der Waals surface area contributed by atoms with Crippen LogP contribution < -0.4 is 14.5 Å². The number of hydrogen-bond acceptors (Lipinski definition) is 5. The fourth-order valence-corrected chi connectivity index (χ4v) is 4.68. The Hall–Kier alpha value is -3.19. The van der Waals surface area contributed by atoms with Gasteiger partial charge in [-0.15, -0.1) is 11.3 Å². The van der Waals surface area contributed by atoms with Crippen molar-refractivity contribution >= 4 is 34.0 Å². The molecule has 0 saturated carbocycles. The summed E-state index contributed by atoms with van der Waals surface area (Å²) in [5, 5.41) is 2.50. The number of aromatic nitrogens is 1. The van der Waals surface area contributed by atoms with Gasteiger partial charge < -0.3 is 9.64 Å². The van der Waals surface area contributed by atoms with Gasteiger partial charge in [0.2, 0.25) is 11.8 Å². The molecule has 2 unspecified atom stereocenters. The third kappa shape index (κ3) is 4.18. The number of benzene rings is 2. The second kappa shape index (κ2) is 8.89. The first-order valence-electron chi connectivity index (χ1n) is 10.2. The first kappa shape index (κ1) is 21.1. The van der Waals surface area contributed by atoms with Crippen LogP contribution in [0.1, 0.15) is 30.0 Å². The van der Waals surface area contributed by atoms with Crippen molar-refractivity contribution < 1.29 is 14.3 Å². The molecule has 0 radical (unpaired) electrons. The molecular formula is C24H25N3O3S. The summed E-state index contributed by atoms with van der Waals surface area (Å²) in [6.45, 7) is 2.01. The fourth-order valence-electron chi connectivity index (χ4n) is 4.07. The highest BCUT2D eigenvalue weighted by Crippen LogP contribution is 2.41. The molecule has 1 aliphatic heterocycles. The van der Waals surface area contributed by atoms with Gasteiger partial charge in [-0.3, -0.25) is 14.5 Å². The van der Waals surface area contributed by atoms with E-state index in [1.54, 1.807) is 30.2 Å². The van der Waals surface area contributed by atoms with Crippen LogP contribution in [-0.2, 0) is 9.59 Å². The van der Waals surface area contributed by atoms with Crippen LogP contribution in [0.2, 0.25) is 0 Å². The number of aryl methyl sites for hydroxylation is 1. The van der Waals surface area contributed by atoms with Gasteiger partial charge in [0.25, 0.3) is 0 Å². The SMILES string of the molecule is COc1ccc(C2C(C(=O)N(C)c3nccs3)CCC(=O)N2c2ccc(C)cc2)cc1. The molecule has 4 rings (SSSR count). The number of piperidine rings is 1. The van der Waals surface area contributed by atoms with Crippen molar-refractivity contribution in [3.05, 3.63) is 71.2 Å². The largest absolute Gasteiger partial charge is 0.497 e. The third-order valence-electron chi connectivity index (χ3n) is 5.72. The van der Waals surface area contributed by atoms with Gasteiger partial charge >= 0.3 is 0 Å². The second-order valence-corrected chi connectivity index (χ2v) is 8.55. The van der Waals surface area contributed by atoms with Crippen molar-refractivity contribution in [1.29, 1.82) is 0 Å². The molecule has 2 atom stereocenters. The lowest BCUT2D eigenvalue weighted by Crippen LogP contribution is -2.48. The Morgan fingerprint density at radius 3 is 2.48 bits per heavy atom. The third-order valence-corrected chi connectivity index (χ3v) is 6.57. The normalized spacial score (nSPS) is 18.7. The Labute approximate surface area is 186 Å². The van der Waals surface area contributed by atoms with Crippen LogP contribution in [-0.4, -0.2) is 31.0 Å². The lowest BCUT2D eigenvalue weighted by atomic mass is 9.83. The summed E-state index contributed by atoms with van der Waals surface area (Å²) in [5.41, 5.74) is 2.82. The summed E-state index contributed by atoms with van der Waals surface area (Å²) in [7, 11) is 3.37. The maximum Gasteiger partial charge on any atom is 0.234 e. The topological polar surface area (TPSA) is 62.7 Å². The van der Waals surface area contributed by atoms with E-state index in [4.69, 9.17) is 4.74 Å². The van der Waals surface area contributed by atoms with Crippen LogP contribution >= 0.6 is 11.3 Å². The number of carbonyl (C=O) groups is 2. The van der Waals surface area contributed by atoms with Crippen LogP contribution in [0.25, 0.3) is 0 Å². The minimum atomic E-state index is -0.412. The van der Waals surface area contributed by atoms with Gasteiger partial charge in [0.15, 0.2) is 5.13 Å². The maximum absolute atomic E-state index is 13.6. The van der Waals surface area contributed by atoms with E-state index in [0.29, 0.717) is 18.0 Å². The monoisotopic (exact) mass is 435 g/mol. The Kier molecular flexibility index (Phi) is 6.04. The van der Waals surface area contributed by atoms with Crippen LogP contribution in [0.3, 0.4) is 0 Å². The van der Waals surface area contributed by atoms with Crippen LogP contribution in [0.15, 0.2) is 60.1 Å². The Bertz CT molecular complexity index is 1050. The molecule has 1 aliphatic rings. The summed E-state index contributed by atoms with van der Waals surface area (Å²) in [4.78, 5) is 34.4. The molecule has 1 fully saturated rings. The van der Waals surface area contributed by atoms with E-state index >= 15 is 0 Å². The molecule has 31 heavy (non-hydrogen) atoms. The zero-order chi connectivity index (χ0) is 22.0. The zero-order valence-electron chi connectivity index (χ0n) is 17.8. The molecule has 0 N–H and O–H groups in total. The molecule has 0 bridgehead atoms. The van der Waals surface area contributed by atoms with Crippen LogP contribution in [0.4, 0.5) is 10.8 Å². The van der Waals surface area contributed by atoms with Gasteiger partial charge in [0, 0.05) is 30.7 Å². The van der Waals surface area contributed by atoms with Gasteiger partial charge in [-0.2, -0.15) is 0 Å². The molecule has 3 aromatic rings.